The minimum atomic E-state index is -0.412. The molecule has 1 aliphatic heterocycles. The van der Waals surface area contributed by atoms with Gasteiger partial charge in [0.15, 0.2) is 0 Å². The fourth-order valence-corrected chi connectivity index (χ4v) is 3.71. The monoisotopic (exact) mass is 346 g/mol. The van der Waals surface area contributed by atoms with Crippen LogP contribution in [0.3, 0.4) is 0 Å². The molecule has 7 nitrogen and oxygen atoms in total. The Kier molecular flexibility index (Phi) is 3.53. The molecule has 1 aromatic carbocycles. The number of hydrogen-bond donors (Lipinski definition) is 1. The minimum Gasteiger partial charge on any atom is -0.336 e. The number of fused-ring (bicyclic) bond motifs is 1. The van der Waals surface area contributed by atoms with Gasteiger partial charge in [-0.2, -0.15) is 10.1 Å². The van der Waals surface area contributed by atoms with E-state index in [-0.39, 0.29) is 0 Å². The second-order valence-corrected chi connectivity index (χ2v) is 6.54. The third-order valence-corrected chi connectivity index (χ3v) is 5.08. The molecular formula is C19H18N6O. The van der Waals surface area contributed by atoms with Gasteiger partial charge in [0.25, 0.3) is 5.89 Å². The molecule has 5 rings (SSSR count). The fraction of sp³-hybridized carbons (Fsp3) is 0.263. The molecule has 4 heterocycles. The van der Waals surface area contributed by atoms with Crippen LogP contribution in [0, 0.1) is 0 Å². The van der Waals surface area contributed by atoms with Gasteiger partial charge in [0.2, 0.25) is 5.82 Å². The van der Waals surface area contributed by atoms with Crippen molar-refractivity contribution >= 4 is 10.8 Å². The standard InChI is InChI=1S/C19H18N6O/c1-2-5-15-14(4-1)6-10-21-16(15)17-23-18(26-24-17)19(7-11-20-12-8-19)25-13-3-9-22-25/h1-6,9-10,13,20H,7-8,11-12H2. The molecule has 0 spiro atoms. The van der Waals surface area contributed by atoms with Crippen LogP contribution in [0.5, 0.6) is 0 Å². The summed E-state index contributed by atoms with van der Waals surface area (Å²) in [5, 5.41) is 14.2. The highest BCUT2D eigenvalue weighted by molar-refractivity contribution is 5.92. The molecule has 1 N–H and O–H groups in total. The summed E-state index contributed by atoms with van der Waals surface area (Å²) in [5.74, 6) is 1.11. The zero-order valence-electron chi connectivity index (χ0n) is 14.2. The van der Waals surface area contributed by atoms with Gasteiger partial charge in [0, 0.05) is 24.0 Å². The summed E-state index contributed by atoms with van der Waals surface area (Å²) in [6.07, 6.45) is 7.22. The van der Waals surface area contributed by atoms with Crippen molar-refractivity contribution in [3.05, 3.63) is 60.9 Å². The van der Waals surface area contributed by atoms with Crippen LogP contribution in [0.1, 0.15) is 18.7 Å². The molecule has 0 radical (unpaired) electrons. The number of nitrogens with zero attached hydrogens (tertiary/aromatic N) is 5. The van der Waals surface area contributed by atoms with Gasteiger partial charge >= 0.3 is 0 Å². The quantitative estimate of drug-likeness (QED) is 0.614. The Hall–Kier alpha value is -3.06. The topological polar surface area (TPSA) is 81.7 Å². The second-order valence-electron chi connectivity index (χ2n) is 6.54. The van der Waals surface area contributed by atoms with Crippen LogP contribution in [0.2, 0.25) is 0 Å². The molecule has 0 aliphatic carbocycles. The number of rotatable bonds is 3. The lowest BCUT2D eigenvalue weighted by molar-refractivity contribution is 0.172. The van der Waals surface area contributed by atoms with E-state index in [0.29, 0.717) is 11.7 Å². The molecule has 0 amide bonds. The zero-order chi connectivity index (χ0) is 17.4. The summed E-state index contributed by atoms with van der Waals surface area (Å²) in [7, 11) is 0. The lowest BCUT2D eigenvalue weighted by Crippen LogP contribution is -2.45. The van der Waals surface area contributed by atoms with Crippen molar-refractivity contribution in [2.75, 3.05) is 13.1 Å². The van der Waals surface area contributed by atoms with E-state index in [9.17, 15) is 0 Å². The molecule has 0 unspecified atom stereocenters. The van der Waals surface area contributed by atoms with Crippen LogP contribution in [-0.4, -0.2) is 38.0 Å². The third kappa shape index (κ3) is 2.32. The second kappa shape index (κ2) is 6.03. The van der Waals surface area contributed by atoms with Gasteiger partial charge in [-0.3, -0.25) is 9.67 Å². The first-order chi connectivity index (χ1) is 12.9. The van der Waals surface area contributed by atoms with Crippen LogP contribution in [-0.2, 0) is 5.54 Å². The SMILES string of the molecule is c1ccc2c(-c3noc(C4(n5cccn5)CCNCC4)n3)nccc2c1. The van der Waals surface area contributed by atoms with Crippen molar-refractivity contribution in [2.24, 2.45) is 0 Å². The van der Waals surface area contributed by atoms with Gasteiger partial charge in [-0.25, -0.2) is 0 Å². The van der Waals surface area contributed by atoms with Crippen LogP contribution in [0.4, 0.5) is 0 Å². The highest BCUT2D eigenvalue weighted by Crippen LogP contribution is 2.35. The number of nitrogens with one attached hydrogen (secondary N) is 1. The van der Waals surface area contributed by atoms with E-state index < -0.39 is 5.54 Å². The summed E-state index contributed by atoms with van der Waals surface area (Å²) >= 11 is 0. The molecule has 0 bridgehead atoms. The van der Waals surface area contributed by atoms with Crippen molar-refractivity contribution in [3.63, 3.8) is 0 Å². The molecule has 3 aromatic heterocycles. The van der Waals surface area contributed by atoms with Crippen molar-refractivity contribution in [1.82, 2.24) is 30.2 Å². The maximum absolute atomic E-state index is 5.74. The molecule has 130 valence electrons. The zero-order valence-corrected chi connectivity index (χ0v) is 14.2. The lowest BCUT2D eigenvalue weighted by Gasteiger charge is -2.34. The Labute approximate surface area is 150 Å². The minimum absolute atomic E-state index is 0.412. The number of aromatic nitrogens is 5. The number of pyridine rings is 1. The first-order valence-electron chi connectivity index (χ1n) is 8.76. The van der Waals surface area contributed by atoms with Crippen molar-refractivity contribution in [3.8, 4) is 11.5 Å². The van der Waals surface area contributed by atoms with Gasteiger partial charge in [0.05, 0.1) is 0 Å². The van der Waals surface area contributed by atoms with Crippen LogP contribution in [0.25, 0.3) is 22.3 Å². The van der Waals surface area contributed by atoms with E-state index in [1.54, 1.807) is 12.4 Å². The molecule has 1 fully saturated rings. The van der Waals surface area contributed by atoms with E-state index >= 15 is 0 Å². The summed E-state index contributed by atoms with van der Waals surface area (Å²) < 4.78 is 7.69. The average Bonchev–Trinajstić information content (AvgIpc) is 3.41. The summed E-state index contributed by atoms with van der Waals surface area (Å²) in [5.41, 5.74) is 0.326. The van der Waals surface area contributed by atoms with Crippen LogP contribution in [0.15, 0.2) is 59.5 Å². The first-order valence-corrected chi connectivity index (χ1v) is 8.76. The van der Waals surface area contributed by atoms with Gasteiger partial charge in [-0.05, 0) is 43.5 Å². The molecular weight excluding hydrogens is 328 g/mol. The third-order valence-electron chi connectivity index (χ3n) is 5.08. The van der Waals surface area contributed by atoms with Crippen LogP contribution < -0.4 is 5.32 Å². The predicted molar refractivity (Wildman–Crippen MR) is 96.4 cm³/mol. The van der Waals surface area contributed by atoms with Gasteiger partial charge in [-0.1, -0.05) is 29.4 Å². The molecule has 0 saturated carbocycles. The largest absolute Gasteiger partial charge is 0.336 e. The summed E-state index contributed by atoms with van der Waals surface area (Å²) in [4.78, 5) is 9.25. The number of benzene rings is 1. The number of hydrogen-bond acceptors (Lipinski definition) is 6. The normalized spacial score (nSPS) is 16.8. The Bertz CT molecular complexity index is 1030. The molecule has 26 heavy (non-hydrogen) atoms. The van der Waals surface area contributed by atoms with E-state index in [1.807, 2.05) is 41.2 Å². The summed E-state index contributed by atoms with van der Waals surface area (Å²) in [6.45, 7) is 1.76. The van der Waals surface area contributed by atoms with E-state index in [0.717, 1.165) is 42.4 Å². The predicted octanol–water partition coefficient (Wildman–Crippen LogP) is 2.61. The van der Waals surface area contributed by atoms with E-state index in [4.69, 9.17) is 9.51 Å². The first kappa shape index (κ1) is 15.2. The van der Waals surface area contributed by atoms with Gasteiger partial charge < -0.3 is 9.84 Å². The highest BCUT2D eigenvalue weighted by Gasteiger charge is 2.42. The Morgan fingerprint density at radius 1 is 1.04 bits per heavy atom. The Morgan fingerprint density at radius 3 is 2.77 bits per heavy atom. The average molecular weight is 346 g/mol. The van der Waals surface area contributed by atoms with E-state index in [2.05, 4.69) is 26.6 Å². The maximum Gasteiger partial charge on any atom is 0.255 e. The number of piperidine rings is 1. The van der Waals surface area contributed by atoms with Crippen molar-refractivity contribution < 1.29 is 4.52 Å². The van der Waals surface area contributed by atoms with Gasteiger partial charge in [0.1, 0.15) is 11.2 Å². The Balaban J connectivity index is 1.63. The maximum atomic E-state index is 5.74. The molecule has 1 aliphatic rings. The smallest absolute Gasteiger partial charge is 0.255 e. The van der Waals surface area contributed by atoms with Gasteiger partial charge in [-0.15, -0.1) is 0 Å². The Morgan fingerprint density at radius 2 is 1.92 bits per heavy atom. The van der Waals surface area contributed by atoms with Crippen molar-refractivity contribution in [2.45, 2.75) is 18.4 Å². The summed E-state index contributed by atoms with van der Waals surface area (Å²) in [6, 6.07) is 12.0. The van der Waals surface area contributed by atoms with Crippen LogP contribution >= 0.6 is 0 Å². The molecule has 0 atom stereocenters. The molecule has 7 heteroatoms. The van der Waals surface area contributed by atoms with Crippen molar-refractivity contribution in [1.29, 1.82) is 0 Å². The van der Waals surface area contributed by atoms with E-state index in [1.165, 1.54) is 0 Å². The highest BCUT2D eigenvalue weighted by atomic mass is 16.5. The fourth-order valence-electron chi connectivity index (χ4n) is 3.71. The molecule has 1 saturated heterocycles. The lowest BCUT2D eigenvalue weighted by atomic mass is 9.88. The molecule has 4 aromatic rings.